The summed E-state index contributed by atoms with van der Waals surface area (Å²) in [6.45, 7) is 9.70. The minimum Gasteiger partial charge on any atom is -0.444 e. The maximum Gasteiger partial charge on any atom is 0.407 e. The molecule has 0 radical (unpaired) electrons. The van der Waals surface area contributed by atoms with Gasteiger partial charge in [-0.15, -0.1) is 0 Å². The largest absolute Gasteiger partial charge is 0.444 e. The van der Waals surface area contributed by atoms with Crippen molar-refractivity contribution in [3.63, 3.8) is 0 Å². The summed E-state index contributed by atoms with van der Waals surface area (Å²) in [5.74, 6) is 0.417. The van der Waals surface area contributed by atoms with Crippen LogP contribution in [0.15, 0.2) is 0 Å². The first-order valence-electron chi connectivity index (χ1n) is 5.35. The van der Waals surface area contributed by atoms with Crippen molar-refractivity contribution in [2.75, 3.05) is 6.54 Å². The highest BCUT2D eigenvalue weighted by Gasteiger charge is 2.16. The molecule has 0 bridgehead atoms. The van der Waals surface area contributed by atoms with Crippen LogP contribution >= 0.6 is 0 Å². The van der Waals surface area contributed by atoms with Crippen molar-refractivity contribution in [1.82, 2.24) is 5.32 Å². The van der Waals surface area contributed by atoms with Crippen LogP contribution in [0.2, 0.25) is 0 Å². The zero-order valence-electron chi connectivity index (χ0n) is 10.3. The van der Waals surface area contributed by atoms with E-state index in [9.17, 15) is 9.90 Å². The molecule has 0 aliphatic rings. The van der Waals surface area contributed by atoms with Crippen LogP contribution in [0.4, 0.5) is 4.79 Å². The fraction of sp³-hybridized carbons (Fsp3) is 0.909. The molecule has 0 aromatic heterocycles. The number of alkyl carbamates (subject to hydrolysis) is 1. The van der Waals surface area contributed by atoms with Gasteiger partial charge in [-0.2, -0.15) is 0 Å². The van der Waals surface area contributed by atoms with Crippen molar-refractivity contribution in [1.29, 1.82) is 0 Å². The van der Waals surface area contributed by atoms with Gasteiger partial charge < -0.3 is 15.2 Å². The van der Waals surface area contributed by atoms with E-state index >= 15 is 0 Å². The number of nitrogens with one attached hydrogen (secondary N) is 1. The van der Waals surface area contributed by atoms with Gasteiger partial charge in [-0.05, 0) is 33.1 Å². The van der Waals surface area contributed by atoms with Crippen LogP contribution in [0.3, 0.4) is 0 Å². The van der Waals surface area contributed by atoms with E-state index in [2.05, 4.69) is 5.32 Å². The molecular weight excluding hydrogens is 194 g/mol. The van der Waals surface area contributed by atoms with Crippen molar-refractivity contribution in [3.05, 3.63) is 0 Å². The Morgan fingerprint density at radius 3 is 2.33 bits per heavy atom. The SMILES string of the molecule is CC(C)CC(O)CNC(=O)OC(C)(C)C. The van der Waals surface area contributed by atoms with Gasteiger partial charge in [0.1, 0.15) is 5.60 Å². The third-order valence-corrected chi connectivity index (χ3v) is 1.62. The van der Waals surface area contributed by atoms with Crippen LogP contribution in [-0.4, -0.2) is 29.4 Å². The lowest BCUT2D eigenvalue weighted by molar-refractivity contribution is 0.0482. The second kappa shape index (κ2) is 5.95. The molecule has 1 unspecified atom stereocenters. The molecule has 0 fully saturated rings. The maximum absolute atomic E-state index is 11.2. The van der Waals surface area contributed by atoms with Crippen LogP contribution in [0.5, 0.6) is 0 Å². The van der Waals surface area contributed by atoms with E-state index in [-0.39, 0.29) is 6.54 Å². The summed E-state index contributed by atoms with van der Waals surface area (Å²) in [4.78, 5) is 11.2. The Morgan fingerprint density at radius 2 is 1.93 bits per heavy atom. The predicted molar refractivity (Wildman–Crippen MR) is 59.7 cm³/mol. The van der Waals surface area contributed by atoms with E-state index < -0.39 is 17.8 Å². The third-order valence-electron chi connectivity index (χ3n) is 1.62. The highest BCUT2D eigenvalue weighted by Crippen LogP contribution is 2.07. The highest BCUT2D eigenvalue weighted by molar-refractivity contribution is 5.67. The summed E-state index contributed by atoms with van der Waals surface area (Å²) in [5, 5.41) is 12.0. The monoisotopic (exact) mass is 217 g/mol. The fourth-order valence-electron chi connectivity index (χ4n) is 1.14. The van der Waals surface area contributed by atoms with E-state index in [1.54, 1.807) is 20.8 Å². The van der Waals surface area contributed by atoms with E-state index in [0.29, 0.717) is 12.3 Å². The van der Waals surface area contributed by atoms with Crippen molar-refractivity contribution in [3.8, 4) is 0 Å². The normalized spacial score (nSPS) is 13.8. The first-order valence-corrected chi connectivity index (χ1v) is 5.35. The lowest BCUT2D eigenvalue weighted by Gasteiger charge is -2.20. The Hall–Kier alpha value is -0.770. The quantitative estimate of drug-likeness (QED) is 0.756. The smallest absolute Gasteiger partial charge is 0.407 e. The number of carbonyl (C=O) groups excluding carboxylic acids is 1. The van der Waals surface area contributed by atoms with Gasteiger partial charge in [0.2, 0.25) is 0 Å². The Morgan fingerprint density at radius 1 is 1.40 bits per heavy atom. The zero-order valence-corrected chi connectivity index (χ0v) is 10.3. The highest BCUT2D eigenvalue weighted by atomic mass is 16.6. The van der Waals surface area contributed by atoms with Gasteiger partial charge in [-0.3, -0.25) is 0 Å². The molecule has 0 spiro atoms. The molecule has 4 nitrogen and oxygen atoms in total. The molecule has 90 valence electrons. The number of amides is 1. The predicted octanol–water partition coefficient (Wildman–Crippen LogP) is 1.92. The van der Waals surface area contributed by atoms with Crippen LogP contribution < -0.4 is 5.32 Å². The van der Waals surface area contributed by atoms with Crippen LogP contribution in [0, 0.1) is 5.92 Å². The van der Waals surface area contributed by atoms with Gasteiger partial charge in [-0.25, -0.2) is 4.79 Å². The van der Waals surface area contributed by atoms with Gasteiger partial charge in [0.25, 0.3) is 0 Å². The molecule has 0 aliphatic carbocycles. The molecule has 2 N–H and O–H groups in total. The van der Waals surface area contributed by atoms with Crippen molar-refractivity contribution < 1.29 is 14.6 Å². The van der Waals surface area contributed by atoms with Crippen molar-refractivity contribution in [2.45, 2.75) is 52.7 Å². The molecule has 1 atom stereocenters. The lowest BCUT2D eigenvalue weighted by Crippen LogP contribution is -2.37. The Balaban J connectivity index is 3.72. The lowest BCUT2D eigenvalue weighted by atomic mass is 10.1. The second-order valence-corrected chi connectivity index (χ2v) is 5.17. The fourth-order valence-corrected chi connectivity index (χ4v) is 1.14. The summed E-state index contributed by atoms with van der Waals surface area (Å²) in [7, 11) is 0. The third kappa shape index (κ3) is 9.53. The molecule has 0 aliphatic heterocycles. The van der Waals surface area contributed by atoms with Crippen molar-refractivity contribution in [2.24, 2.45) is 5.92 Å². The summed E-state index contributed by atoms with van der Waals surface area (Å²) >= 11 is 0. The van der Waals surface area contributed by atoms with Gasteiger partial charge >= 0.3 is 6.09 Å². The molecule has 0 saturated carbocycles. The van der Waals surface area contributed by atoms with Crippen LogP contribution in [-0.2, 0) is 4.74 Å². The van der Waals surface area contributed by atoms with Gasteiger partial charge in [0.15, 0.2) is 0 Å². The molecule has 0 aromatic carbocycles. The number of hydrogen-bond acceptors (Lipinski definition) is 3. The summed E-state index contributed by atoms with van der Waals surface area (Å²) in [6.07, 6.45) is -0.307. The number of hydrogen-bond donors (Lipinski definition) is 2. The average molecular weight is 217 g/mol. The van der Waals surface area contributed by atoms with Crippen LogP contribution in [0.1, 0.15) is 41.0 Å². The Bertz CT molecular complexity index is 196. The van der Waals surface area contributed by atoms with Crippen molar-refractivity contribution >= 4 is 6.09 Å². The van der Waals surface area contributed by atoms with E-state index in [1.807, 2.05) is 13.8 Å². The van der Waals surface area contributed by atoms with E-state index in [1.165, 1.54) is 0 Å². The minimum absolute atomic E-state index is 0.243. The molecule has 15 heavy (non-hydrogen) atoms. The molecule has 4 heteroatoms. The topological polar surface area (TPSA) is 58.6 Å². The van der Waals surface area contributed by atoms with Gasteiger partial charge in [-0.1, -0.05) is 13.8 Å². The number of rotatable bonds is 4. The summed E-state index contributed by atoms with van der Waals surface area (Å²) < 4.78 is 5.03. The standard InChI is InChI=1S/C11H23NO3/c1-8(2)6-9(13)7-12-10(14)15-11(3,4)5/h8-9,13H,6-7H2,1-5H3,(H,12,14). The molecule has 1 amide bonds. The first-order chi connectivity index (χ1) is 6.70. The molecule has 0 rings (SSSR count). The van der Waals surface area contributed by atoms with Gasteiger partial charge in [0.05, 0.1) is 6.10 Å². The number of aliphatic hydroxyl groups is 1. The molecular formula is C11H23NO3. The molecule has 0 aromatic rings. The Kier molecular flexibility index (Phi) is 5.65. The second-order valence-electron chi connectivity index (χ2n) is 5.17. The number of carbonyl (C=O) groups is 1. The Labute approximate surface area is 92.0 Å². The maximum atomic E-state index is 11.2. The van der Waals surface area contributed by atoms with E-state index in [4.69, 9.17) is 4.74 Å². The van der Waals surface area contributed by atoms with Crippen LogP contribution in [0.25, 0.3) is 0 Å². The number of aliphatic hydroxyl groups excluding tert-OH is 1. The molecule has 0 saturated heterocycles. The van der Waals surface area contributed by atoms with E-state index in [0.717, 1.165) is 0 Å². The van der Waals surface area contributed by atoms with Gasteiger partial charge in [0, 0.05) is 6.54 Å². The minimum atomic E-state index is -0.502. The number of ether oxygens (including phenoxy) is 1. The zero-order chi connectivity index (χ0) is 12.1. The summed E-state index contributed by atoms with van der Waals surface area (Å²) in [5.41, 5.74) is -0.493. The molecule has 0 heterocycles. The summed E-state index contributed by atoms with van der Waals surface area (Å²) in [6, 6.07) is 0. The first kappa shape index (κ1) is 14.2. The average Bonchev–Trinajstić information content (AvgIpc) is 1.96.